The summed E-state index contributed by atoms with van der Waals surface area (Å²) in [6.07, 6.45) is 1.63. The average Bonchev–Trinajstić information content (AvgIpc) is 2.78. The number of benzene rings is 3. The number of sulfonamides is 1. The lowest BCUT2D eigenvalue weighted by Crippen LogP contribution is -2.35. The fraction of sp³-hybridized carbons (Fsp3) is 0.174. The molecule has 0 aliphatic carbocycles. The summed E-state index contributed by atoms with van der Waals surface area (Å²) in [7, 11) is -2.08. The fourth-order valence-corrected chi connectivity index (χ4v) is 5.22. The molecule has 0 unspecified atom stereocenters. The summed E-state index contributed by atoms with van der Waals surface area (Å²) >= 11 is 0. The zero-order valence-corrected chi connectivity index (χ0v) is 17.0. The molecule has 0 aromatic heterocycles. The summed E-state index contributed by atoms with van der Waals surface area (Å²) in [5.74, 6) is -0.257. The van der Waals surface area contributed by atoms with Crippen molar-refractivity contribution in [3.63, 3.8) is 0 Å². The predicted molar refractivity (Wildman–Crippen MR) is 115 cm³/mol. The van der Waals surface area contributed by atoms with Gasteiger partial charge in [-0.05, 0) is 54.8 Å². The Morgan fingerprint density at radius 1 is 0.931 bits per heavy atom. The Hall–Kier alpha value is -3.12. The van der Waals surface area contributed by atoms with Crippen molar-refractivity contribution < 1.29 is 13.2 Å². The molecule has 0 radical (unpaired) electrons. The van der Waals surface area contributed by atoms with Crippen LogP contribution in [0.2, 0.25) is 0 Å². The molecular weight excluding hydrogens is 384 g/mol. The molecule has 0 fully saturated rings. The standard InChI is InChI=1S/C23H22N2O3S/c1-24(20-12-3-2-4-13-20)23(26)19-10-7-14-21(17-19)29(27,28)25-16-8-11-18-9-5-6-15-22(18)25/h2-7,9-10,12-15,17H,8,11,16H2,1H3. The van der Waals surface area contributed by atoms with Crippen LogP contribution in [0.1, 0.15) is 22.3 Å². The van der Waals surface area contributed by atoms with Crippen LogP contribution in [0.4, 0.5) is 11.4 Å². The van der Waals surface area contributed by atoms with Crippen LogP contribution >= 0.6 is 0 Å². The van der Waals surface area contributed by atoms with Gasteiger partial charge < -0.3 is 4.90 Å². The van der Waals surface area contributed by atoms with Gasteiger partial charge in [-0.2, -0.15) is 0 Å². The SMILES string of the molecule is CN(C(=O)c1cccc(S(=O)(=O)N2CCCc3ccccc32)c1)c1ccccc1. The smallest absolute Gasteiger partial charge is 0.264 e. The number of rotatable bonds is 4. The summed E-state index contributed by atoms with van der Waals surface area (Å²) < 4.78 is 28.2. The van der Waals surface area contributed by atoms with Crippen molar-refractivity contribution in [3.8, 4) is 0 Å². The molecule has 4 rings (SSSR count). The highest BCUT2D eigenvalue weighted by atomic mass is 32.2. The van der Waals surface area contributed by atoms with E-state index in [0.29, 0.717) is 12.1 Å². The highest BCUT2D eigenvalue weighted by Crippen LogP contribution is 2.32. The monoisotopic (exact) mass is 406 g/mol. The zero-order valence-electron chi connectivity index (χ0n) is 16.2. The van der Waals surface area contributed by atoms with E-state index in [1.807, 2.05) is 54.6 Å². The van der Waals surface area contributed by atoms with Crippen LogP contribution in [0.25, 0.3) is 0 Å². The Balaban J connectivity index is 1.68. The molecule has 29 heavy (non-hydrogen) atoms. The van der Waals surface area contributed by atoms with E-state index in [-0.39, 0.29) is 10.8 Å². The number of carbonyl (C=O) groups is 1. The quantitative estimate of drug-likeness (QED) is 0.655. The average molecular weight is 407 g/mol. The number of fused-ring (bicyclic) bond motifs is 1. The van der Waals surface area contributed by atoms with Crippen LogP contribution in [0, 0.1) is 0 Å². The van der Waals surface area contributed by atoms with Gasteiger partial charge in [0.15, 0.2) is 0 Å². The minimum Gasteiger partial charge on any atom is -0.311 e. The molecule has 0 bridgehead atoms. The van der Waals surface area contributed by atoms with Gasteiger partial charge in [0.05, 0.1) is 10.6 Å². The predicted octanol–water partition coefficient (Wildman–Crippen LogP) is 4.10. The topological polar surface area (TPSA) is 57.7 Å². The molecule has 0 saturated heterocycles. The summed E-state index contributed by atoms with van der Waals surface area (Å²) in [5.41, 5.74) is 2.83. The normalized spacial score (nSPS) is 13.6. The first-order chi connectivity index (χ1) is 14.0. The Kier molecular flexibility index (Phi) is 5.11. The fourth-order valence-electron chi connectivity index (χ4n) is 3.63. The number of hydrogen-bond acceptors (Lipinski definition) is 3. The van der Waals surface area contributed by atoms with Crippen molar-refractivity contribution in [1.29, 1.82) is 0 Å². The van der Waals surface area contributed by atoms with Gasteiger partial charge in [-0.3, -0.25) is 9.10 Å². The molecule has 5 nitrogen and oxygen atoms in total. The van der Waals surface area contributed by atoms with Crippen LogP contribution in [-0.2, 0) is 16.4 Å². The molecule has 3 aromatic rings. The lowest BCUT2D eigenvalue weighted by Gasteiger charge is -2.30. The minimum atomic E-state index is -3.76. The Bertz CT molecular complexity index is 1140. The summed E-state index contributed by atoms with van der Waals surface area (Å²) in [4.78, 5) is 14.6. The third kappa shape index (κ3) is 3.63. The Morgan fingerprint density at radius 3 is 2.45 bits per heavy atom. The van der Waals surface area contributed by atoms with Gasteiger partial charge in [0.1, 0.15) is 0 Å². The van der Waals surface area contributed by atoms with E-state index in [4.69, 9.17) is 0 Å². The second kappa shape index (κ2) is 7.72. The van der Waals surface area contributed by atoms with Gasteiger partial charge >= 0.3 is 0 Å². The van der Waals surface area contributed by atoms with Crippen molar-refractivity contribution >= 4 is 27.3 Å². The van der Waals surface area contributed by atoms with Crippen LogP contribution in [0.3, 0.4) is 0 Å². The molecule has 0 atom stereocenters. The van der Waals surface area contributed by atoms with E-state index in [2.05, 4.69) is 0 Å². The van der Waals surface area contributed by atoms with Gasteiger partial charge in [0.25, 0.3) is 15.9 Å². The van der Waals surface area contributed by atoms with Gasteiger partial charge in [0, 0.05) is 24.8 Å². The largest absolute Gasteiger partial charge is 0.311 e. The van der Waals surface area contributed by atoms with E-state index in [1.165, 1.54) is 15.3 Å². The molecule has 1 heterocycles. The molecule has 0 spiro atoms. The molecule has 1 amide bonds. The molecule has 148 valence electrons. The summed E-state index contributed by atoms with van der Waals surface area (Å²) in [5, 5.41) is 0. The third-order valence-corrected chi connectivity index (χ3v) is 6.99. The highest BCUT2D eigenvalue weighted by Gasteiger charge is 2.29. The van der Waals surface area contributed by atoms with Gasteiger partial charge in [-0.15, -0.1) is 0 Å². The van der Waals surface area contributed by atoms with Gasteiger partial charge in [-0.25, -0.2) is 8.42 Å². The van der Waals surface area contributed by atoms with Crippen LogP contribution in [-0.4, -0.2) is 27.9 Å². The maximum absolute atomic E-state index is 13.4. The molecular formula is C23H22N2O3S. The van der Waals surface area contributed by atoms with Crippen molar-refractivity contribution in [2.75, 3.05) is 22.8 Å². The number of nitrogens with zero attached hydrogens (tertiary/aromatic N) is 2. The molecule has 0 N–H and O–H groups in total. The lowest BCUT2D eigenvalue weighted by molar-refractivity contribution is 0.0993. The van der Waals surface area contributed by atoms with Crippen molar-refractivity contribution in [2.24, 2.45) is 0 Å². The lowest BCUT2D eigenvalue weighted by atomic mass is 10.0. The van der Waals surface area contributed by atoms with Crippen molar-refractivity contribution in [3.05, 3.63) is 90.0 Å². The summed E-state index contributed by atoms with van der Waals surface area (Å²) in [6, 6.07) is 23.1. The first kappa shape index (κ1) is 19.2. The number of anilines is 2. The molecule has 1 aliphatic rings. The van der Waals surface area contributed by atoms with Gasteiger partial charge in [-0.1, -0.05) is 42.5 Å². The number of aryl methyl sites for hydroxylation is 1. The molecule has 1 aliphatic heterocycles. The van der Waals surface area contributed by atoms with Crippen molar-refractivity contribution in [1.82, 2.24) is 0 Å². The number of amides is 1. The zero-order chi connectivity index (χ0) is 20.4. The van der Waals surface area contributed by atoms with E-state index in [9.17, 15) is 13.2 Å². The van der Waals surface area contributed by atoms with E-state index in [1.54, 1.807) is 25.2 Å². The first-order valence-corrected chi connectivity index (χ1v) is 11.0. The van der Waals surface area contributed by atoms with E-state index in [0.717, 1.165) is 29.8 Å². The Morgan fingerprint density at radius 2 is 1.66 bits per heavy atom. The van der Waals surface area contributed by atoms with Crippen LogP contribution in [0.15, 0.2) is 83.8 Å². The molecule has 0 saturated carbocycles. The summed E-state index contributed by atoms with van der Waals surface area (Å²) in [6.45, 7) is 0.432. The molecule has 3 aromatic carbocycles. The number of para-hydroxylation sites is 2. The van der Waals surface area contributed by atoms with E-state index < -0.39 is 10.0 Å². The maximum atomic E-state index is 13.4. The minimum absolute atomic E-state index is 0.126. The second-order valence-electron chi connectivity index (χ2n) is 7.04. The van der Waals surface area contributed by atoms with Crippen LogP contribution in [0.5, 0.6) is 0 Å². The van der Waals surface area contributed by atoms with Crippen LogP contribution < -0.4 is 9.21 Å². The maximum Gasteiger partial charge on any atom is 0.264 e. The number of hydrogen-bond donors (Lipinski definition) is 0. The van der Waals surface area contributed by atoms with Crippen molar-refractivity contribution in [2.45, 2.75) is 17.7 Å². The first-order valence-electron chi connectivity index (χ1n) is 9.52. The molecule has 6 heteroatoms. The third-order valence-electron chi connectivity index (χ3n) is 5.18. The Labute approximate surface area is 171 Å². The van der Waals surface area contributed by atoms with E-state index >= 15 is 0 Å². The highest BCUT2D eigenvalue weighted by molar-refractivity contribution is 7.92. The number of carbonyl (C=O) groups excluding carboxylic acids is 1. The second-order valence-corrected chi connectivity index (χ2v) is 8.90. The van der Waals surface area contributed by atoms with Gasteiger partial charge in [0.2, 0.25) is 0 Å².